The molecule has 2 heterocycles. The van der Waals surface area contributed by atoms with E-state index in [0.717, 1.165) is 3.57 Å². The number of halogens is 2. The third kappa shape index (κ3) is 3.40. The number of nitrogens with zero attached hydrogens (tertiary/aromatic N) is 2. The second-order valence-electron chi connectivity index (χ2n) is 5.61. The first-order chi connectivity index (χ1) is 11.9. The predicted molar refractivity (Wildman–Crippen MR) is 100 cm³/mol. The Kier molecular flexibility index (Phi) is 5.09. The number of rotatable bonds is 4. The zero-order valence-corrected chi connectivity index (χ0v) is 16.0. The maximum Gasteiger partial charge on any atom is 0.281 e. The van der Waals surface area contributed by atoms with Crippen LogP contribution in [0.15, 0.2) is 29.1 Å². The third-order valence-electron chi connectivity index (χ3n) is 4.02. The lowest BCUT2D eigenvalue weighted by Crippen LogP contribution is -2.40. The number of pyridine rings is 1. The van der Waals surface area contributed by atoms with Crippen LogP contribution in [0, 0.1) is 9.39 Å². The molecule has 0 aliphatic carbocycles. The summed E-state index contributed by atoms with van der Waals surface area (Å²) in [5.41, 5.74) is 0.909. The number of carbonyl (C=O) groups is 1. The summed E-state index contributed by atoms with van der Waals surface area (Å²) >= 11 is 2.01. The summed E-state index contributed by atoms with van der Waals surface area (Å²) in [4.78, 5) is 30.4. The lowest BCUT2D eigenvalue weighted by atomic mass is 10.0. The van der Waals surface area contributed by atoms with Crippen molar-refractivity contribution in [1.29, 1.82) is 0 Å². The highest BCUT2D eigenvalue weighted by atomic mass is 127. The van der Waals surface area contributed by atoms with E-state index in [1.807, 2.05) is 22.6 Å². The first-order valence-electron chi connectivity index (χ1n) is 7.82. The molecule has 8 heteroatoms. The number of nitrogens with one attached hydrogen (secondary N) is 1. The molecule has 132 valence electrons. The third-order valence-corrected chi connectivity index (χ3v) is 4.69. The van der Waals surface area contributed by atoms with Crippen LogP contribution in [0.3, 0.4) is 0 Å². The second kappa shape index (κ2) is 7.12. The number of fused-ring (bicyclic) bond motifs is 1. The SMILES string of the molecule is CCON1CCc2cc(=O)n(C)c(Nc3ccc(I)cc3F)c2C1=O. The molecule has 1 N–H and O–H groups in total. The van der Waals surface area contributed by atoms with E-state index >= 15 is 0 Å². The molecule has 1 aromatic heterocycles. The number of hydroxylamine groups is 2. The fraction of sp³-hybridized carbons (Fsp3) is 0.294. The van der Waals surface area contributed by atoms with Gasteiger partial charge in [0.05, 0.1) is 24.4 Å². The van der Waals surface area contributed by atoms with Gasteiger partial charge in [-0.3, -0.25) is 19.0 Å². The van der Waals surface area contributed by atoms with E-state index in [2.05, 4.69) is 5.32 Å². The summed E-state index contributed by atoms with van der Waals surface area (Å²) in [5.74, 6) is -0.536. The monoisotopic (exact) mass is 457 g/mol. The summed E-state index contributed by atoms with van der Waals surface area (Å²) in [5, 5.41) is 4.19. The van der Waals surface area contributed by atoms with Crippen molar-refractivity contribution in [2.75, 3.05) is 18.5 Å². The summed E-state index contributed by atoms with van der Waals surface area (Å²) in [6.45, 7) is 2.54. The van der Waals surface area contributed by atoms with E-state index in [1.165, 1.54) is 21.8 Å². The van der Waals surface area contributed by atoms with Crippen molar-refractivity contribution in [3.8, 4) is 0 Å². The molecule has 1 amide bonds. The molecule has 0 atom stereocenters. The van der Waals surface area contributed by atoms with Crippen LogP contribution in [0.25, 0.3) is 0 Å². The van der Waals surface area contributed by atoms with Gasteiger partial charge >= 0.3 is 0 Å². The zero-order chi connectivity index (χ0) is 18.1. The van der Waals surface area contributed by atoms with Crippen molar-refractivity contribution in [3.63, 3.8) is 0 Å². The van der Waals surface area contributed by atoms with E-state index in [-0.39, 0.29) is 23.0 Å². The van der Waals surface area contributed by atoms with E-state index < -0.39 is 5.82 Å². The van der Waals surface area contributed by atoms with Gasteiger partial charge in [-0.1, -0.05) is 0 Å². The Morgan fingerprint density at radius 2 is 2.08 bits per heavy atom. The average Bonchev–Trinajstić information content (AvgIpc) is 2.56. The average molecular weight is 457 g/mol. The zero-order valence-electron chi connectivity index (χ0n) is 13.8. The molecular weight excluding hydrogens is 440 g/mol. The quantitative estimate of drug-likeness (QED) is 0.718. The Bertz CT molecular complexity index is 897. The minimum Gasteiger partial charge on any atom is -0.338 e. The van der Waals surface area contributed by atoms with Gasteiger partial charge in [-0.05, 0) is 59.7 Å². The maximum absolute atomic E-state index is 14.2. The van der Waals surface area contributed by atoms with Gasteiger partial charge in [-0.25, -0.2) is 9.45 Å². The fourth-order valence-corrected chi connectivity index (χ4v) is 3.23. The van der Waals surface area contributed by atoms with Gasteiger partial charge < -0.3 is 5.32 Å². The topological polar surface area (TPSA) is 63.6 Å². The fourth-order valence-electron chi connectivity index (χ4n) is 2.78. The van der Waals surface area contributed by atoms with Crippen LogP contribution in [-0.2, 0) is 18.3 Å². The van der Waals surface area contributed by atoms with Crippen molar-refractivity contribution in [2.24, 2.45) is 7.05 Å². The molecule has 0 radical (unpaired) electrons. The molecule has 25 heavy (non-hydrogen) atoms. The van der Waals surface area contributed by atoms with Crippen molar-refractivity contribution >= 4 is 40.0 Å². The van der Waals surface area contributed by atoms with Crippen molar-refractivity contribution in [3.05, 3.63) is 55.1 Å². The standard InChI is InChI=1S/C17H17FIN3O3/c1-3-25-22-7-6-10-8-14(23)21(2)16(15(10)17(22)24)20-13-5-4-11(19)9-12(13)18/h4-5,8-9,20H,3,6-7H2,1-2H3. The smallest absolute Gasteiger partial charge is 0.281 e. The second-order valence-corrected chi connectivity index (χ2v) is 6.86. The summed E-state index contributed by atoms with van der Waals surface area (Å²) in [6.07, 6.45) is 0.501. The Hall–Kier alpha value is -1.94. The summed E-state index contributed by atoms with van der Waals surface area (Å²) in [6, 6.07) is 6.15. The van der Waals surface area contributed by atoms with Gasteiger partial charge in [-0.2, -0.15) is 0 Å². The molecular formula is C17H17FIN3O3. The molecule has 0 fully saturated rings. The molecule has 0 unspecified atom stereocenters. The van der Waals surface area contributed by atoms with Crippen molar-refractivity contribution in [1.82, 2.24) is 9.63 Å². The molecule has 1 aromatic carbocycles. The van der Waals surface area contributed by atoms with Gasteiger partial charge in [0.25, 0.3) is 11.5 Å². The first-order valence-corrected chi connectivity index (χ1v) is 8.90. The lowest BCUT2D eigenvalue weighted by molar-refractivity contribution is -0.120. The minimum absolute atomic E-state index is 0.199. The van der Waals surface area contributed by atoms with Crippen LogP contribution >= 0.6 is 22.6 Å². The van der Waals surface area contributed by atoms with Crippen LogP contribution in [0.4, 0.5) is 15.9 Å². The number of aromatic nitrogens is 1. The Balaban J connectivity index is 2.11. The van der Waals surface area contributed by atoms with E-state index in [0.29, 0.717) is 30.7 Å². The predicted octanol–water partition coefficient (Wildman–Crippen LogP) is 2.82. The van der Waals surface area contributed by atoms with Gasteiger partial charge in [0.1, 0.15) is 11.6 Å². The highest BCUT2D eigenvalue weighted by Gasteiger charge is 2.30. The molecule has 0 spiro atoms. The van der Waals surface area contributed by atoms with E-state index in [4.69, 9.17) is 4.84 Å². The Morgan fingerprint density at radius 1 is 1.32 bits per heavy atom. The molecule has 2 aromatic rings. The van der Waals surface area contributed by atoms with Crippen LogP contribution in [0.5, 0.6) is 0 Å². The minimum atomic E-state index is -0.457. The number of amides is 1. The number of carbonyl (C=O) groups excluding carboxylic acids is 1. The van der Waals surface area contributed by atoms with Gasteiger partial charge in [0, 0.05) is 16.7 Å². The molecule has 0 saturated heterocycles. The van der Waals surface area contributed by atoms with Crippen LogP contribution in [0.1, 0.15) is 22.8 Å². The molecule has 3 rings (SSSR count). The number of anilines is 2. The molecule has 1 aliphatic rings. The van der Waals surface area contributed by atoms with Gasteiger partial charge in [0.2, 0.25) is 0 Å². The molecule has 0 saturated carbocycles. The molecule has 1 aliphatic heterocycles. The van der Waals surface area contributed by atoms with Crippen LogP contribution in [-0.4, -0.2) is 28.7 Å². The van der Waals surface area contributed by atoms with Crippen LogP contribution in [0.2, 0.25) is 0 Å². The van der Waals surface area contributed by atoms with Crippen molar-refractivity contribution in [2.45, 2.75) is 13.3 Å². The molecule has 0 bridgehead atoms. The normalized spacial score (nSPS) is 13.8. The number of hydrogen-bond acceptors (Lipinski definition) is 4. The van der Waals surface area contributed by atoms with Gasteiger partial charge in [0.15, 0.2) is 0 Å². The number of hydrogen-bond donors (Lipinski definition) is 1. The maximum atomic E-state index is 14.2. The van der Waals surface area contributed by atoms with Gasteiger partial charge in [-0.15, -0.1) is 0 Å². The van der Waals surface area contributed by atoms with Crippen LogP contribution < -0.4 is 10.9 Å². The highest BCUT2D eigenvalue weighted by molar-refractivity contribution is 14.1. The summed E-state index contributed by atoms with van der Waals surface area (Å²) in [7, 11) is 1.54. The van der Waals surface area contributed by atoms with E-state index in [1.54, 1.807) is 26.1 Å². The first kappa shape index (κ1) is 17.9. The molecule has 6 nitrogen and oxygen atoms in total. The largest absolute Gasteiger partial charge is 0.338 e. The lowest BCUT2D eigenvalue weighted by Gasteiger charge is -2.29. The van der Waals surface area contributed by atoms with E-state index in [9.17, 15) is 14.0 Å². The highest BCUT2D eigenvalue weighted by Crippen LogP contribution is 2.28. The number of benzene rings is 1. The summed E-state index contributed by atoms with van der Waals surface area (Å²) < 4.78 is 16.3. The Morgan fingerprint density at radius 3 is 2.76 bits per heavy atom. The Labute approximate surface area is 157 Å². The van der Waals surface area contributed by atoms with Crippen molar-refractivity contribution < 1.29 is 14.0 Å².